The first-order valence-corrected chi connectivity index (χ1v) is 10.7. The Morgan fingerprint density at radius 1 is 1.28 bits per heavy atom. The van der Waals surface area contributed by atoms with Gasteiger partial charge in [0.1, 0.15) is 12.4 Å². The van der Waals surface area contributed by atoms with Gasteiger partial charge in [0.15, 0.2) is 5.96 Å². The average molecular weight is 574 g/mol. The third-order valence-corrected chi connectivity index (χ3v) is 5.61. The Labute approximate surface area is 211 Å². The van der Waals surface area contributed by atoms with Crippen LogP contribution in [0.2, 0.25) is 5.02 Å². The van der Waals surface area contributed by atoms with Gasteiger partial charge in [0.2, 0.25) is 5.91 Å². The molecule has 0 bridgehead atoms. The van der Waals surface area contributed by atoms with Crippen LogP contribution >= 0.6 is 35.6 Å². The zero-order chi connectivity index (χ0) is 22.4. The average Bonchev–Trinajstić information content (AvgIpc) is 3.22. The number of amides is 1. The summed E-state index contributed by atoms with van der Waals surface area (Å²) >= 11 is 5.94. The van der Waals surface area contributed by atoms with Crippen molar-refractivity contribution < 1.29 is 9.18 Å². The maximum absolute atomic E-state index is 13.5. The summed E-state index contributed by atoms with van der Waals surface area (Å²) in [5.41, 5.74) is 2.02. The topological polar surface area (TPSA) is 60.0 Å². The standard InChI is InChI=1S/C23H29ClFN5O.HI/c1-16(17-7-5-4-6-8-17)27-23(26-14-22(31)29(2)3)28-18-11-12-30(15-18)19-9-10-21(25)20(24)13-19;/h4-10,13,16,18H,11-12,14-15H2,1-3H3,(H2,26,27,28);1H. The molecule has 1 amide bonds. The molecule has 1 heterocycles. The van der Waals surface area contributed by atoms with Crippen molar-refractivity contribution in [1.29, 1.82) is 0 Å². The lowest BCUT2D eigenvalue weighted by atomic mass is 10.1. The van der Waals surface area contributed by atoms with E-state index in [-0.39, 0.29) is 53.5 Å². The molecule has 32 heavy (non-hydrogen) atoms. The van der Waals surface area contributed by atoms with Gasteiger partial charge in [-0.15, -0.1) is 24.0 Å². The van der Waals surface area contributed by atoms with Crippen LogP contribution in [-0.4, -0.2) is 56.5 Å². The number of aliphatic imine (C=N–C) groups is 1. The van der Waals surface area contributed by atoms with Crippen LogP contribution in [0.1, 0.15) is 24.9 Å². The van der Waals surface area contributed by atoms with Gasteiger partial charge >= 0.3 is 0 Å². The Bertz CT molecular complexity index is 928. The number of rotatable bonds is 6. The Kier molecular flexibility index (Phi) is 10.0. The first-order chi connectivity index (χ1) is 14.8. The van der Waals surface area contributed by atoms with E-state index in [0.29, 0.717) is 5.96 Å². The predicted molar refractivity (Wildman–Crippen MR) is 140 cm³/mol. The summed E-state index contributed by atoms with van der Waals surface area (Å²) in [6.07, 6.45) is 0.886. The van der Waals surface area contributed by atoms with Gasteiger partial charge in [-0.25, -0.2) is 9.38 Å². The van der Waals surface area contributed by atoms with Gasteiger partial charge < -0.3 is 20.4 Å². The van der Waals surface area contributed by atoms with Crippen LogP contribution in [0.4, 0.5) is 10.1 Å². The number of carbonyl (C=O) groups excluding carboxylic acids is 1. The van der Waals surface area contributed by atoms with E-state index >= 15 is 0 Å². The lowest BCUT2D eigenvalue weighted by Crippen LogP contribution is -2.46. The minimum absolute atomic E-state index is 0. The predicted octanol–water partition coefficient (Wildman–Crippen LogP) is 4.06. The number of hydrogen-bond donors (Lipinski definition) is 2. The van der Waals surface area contributed by atoms with E-state index in [1.54, 1.807) is 26.2 Å². The zero-order valence-corrected chi connectivity index (χ0v) is 21.6. The van der Waals surface area contributed by atoms with E-state index in [1.807, 2.05) is 18.2 Å². The minimum atomic E-state index is -0.418. The second-order valence-corrected chi connectivity index (χ2v) is 8.31. The lowest BCUT2D eigenvalue weighted by Gasteiger charge is -2.23. The smallest absolute Gasteiger partial charge is 0.243 e. The fourth-order valence-electron chi connectivity index (χ4n) is 3.44. The Morgan fingerprint density at radius 3 is 2.66 bits per heavy atom. The third-order valence-electron chi connectivity index (χ3n) is 5.32. The molecule has 2 aromatic rings. The Hall–Kier alpha value is -2.07. The van der Waals surface area contributed by atoms with E-state index in [1.165, 1.54) is 11.0 Å². The van der Waals surface area contributed by atoms with Gasteiger partial charge in [-0.3, -0.25) is 4.79 Å². The summed E-state index contributed by atoms with van der Waals surface area (Å²) in [7, 11) is 3.43. The van der Waals surface area contributed by atoms with Crippen LogP contribution in [0.3, 0.4) is 0 Å². The summed E-state index contributed by atoms with van der Waals surface area (Å²) in [6.45, 7) is 3.66. The van der Waals surface area contributed by atoms with Crippen LogP contribution in [0.5, 0.6) is 0 Å². The highest BCUT2D eigenvalue weighted by Gasteiger charge is 2.24. The molecule has 2 atom stereocenters. The SMILES string of the molecule is CC(NC(=NCC(=O)N(C)C)NC1CCN(c2ccc(F)c(Cl)c2)C1)c1ccccc1.I. The molecule has 0 radical (unpaired) electrons. The molecule has 9 heteroatoms. The van der Waals surface area contributed by atoms with Gasteiger partial charge in [0.05, 0.1) is 11.1 Å². The molecular weight excluding hydrogens is 544 g/mol. The normalized spacial score (nSPS) is 16.8. The molecule has 2 aromatic carbocycles. The number of guanidine groups is 1. The van der Waals surface area contributed by atoms with Crippen LogP contribution < -0.4 is 15.5 Å². The highest BCUT2D eigenvalue weighted by molar-refractivity contribution is 14.0. The van der Waals surface area contributed by atoms with E-state index in [0.717, 1.165) is 30.8 Å². The van der Waals surface area contributed by atoms with Crippen molar-refractivity contribution in [2.24, 2.45) is 4.99 Å². The number of nitrogens with zero attached hydrogens (tertiary/aromatic N) is 3. The molecule has 2 N–H and O–H groups in total. The van der Waals surface area contributed by atoms with Crippen molar-refractivity contribution >= 4 is 53.1 Å². The minimum Gasteiger partial charge on any atom is -0.369 e. The fourth-order valence-corrected chi connectivity index (χ4v) is 3.61. The summed E-state index contributed by atoms with van der Waals surface area (Å²) < 4.78 is 13.5. The van der Waals surface area contributed by atoms with Crippen LogP contribution in [0.25, 0.3) is 0 Å². The second kappa shape index (κ2) is 12.2. The van der Waals surface area contributed by atoms with E-state index in [2.05, 4.69) is 39.6 Å². The lowest BCUT2D eigenvalue weighted by molar-refractivity contribution is -0.127. The number of anilines is 1. The molecule has 0 saturated carbocycles. The van der Waals surface area contributed by atoms with E-state index in [4.69, 9.17) is 11.6 Å². The van der Waals surface area contributed by atoms with Crippen molar-refractivity contribution in [3.8, 4) is 0 Å². The van der Waals surface area contributed by atoms with Gasteiger partial charge in [-0.2, -0.15) is 0 Å². The molecule has 6 nitrogen and oxygen atoms in total. The van der Waals surface area contributed by atoms with Gasteiger partial charge in [-0.05, 0) is 37.1 Å². The van der Waals surface area contributed by atoms with Crippen molar-refractivity contribution in [2.45, 2.75) is 25.4 Å². The van der Waals surface area contributed by atoms with Crippen LogP contribution in [0, 0.1) is 5.82 Å². The fraction of sp³-hybridized carbons (Fsp3) is 0.391. The largest absolute Gasteiger partial charge is 0.369 e. The highest BCUT2D eigenvalue weighted by atomic mass is 127. The quantitative estimate of drug-likeness (QED) is 0.311. The van der Waals surface area contributed by atoms with Gasteiger partial charge in [-0.1, -0.05) is 41.9 Å². The molecule has 1 aliphatic heterocycles. The zero-order valence-electron chi connectivity index (χ0n) is 18.5. The van der Waals surface area contributed by atoms with E-state index in [9.17, 15) is 9.18 Å². The third kappa shape index (κ3) is 7.23. The molecule has 0 spiro atoms. The molecule has 0 aromatic heterocycles. The Balaban J connectivity index is 0.00000363. The highest BCUT2D eigenvalue weighted by Crippen LogP contribution is 2.25. The van der Waals surface area contributed by atoms with Crippen molar-refractivity contribution in [3.05, 3.63) is 64.9 Å². The molecular formula is C23H30ClFIN5O. The molecule has 1 saturated heterocycles. The number of carbonyl (C=O) groups is 1. The monoisotopic (exact) mass is 573 g/mol. The summed E-state index contributed by atoms with van der Waals surface area (Å²) in [6, 6.07) is 15.0. The summed E-state index contributed by atoms with van der Waals surface area (Å²) in [5, 5.41) is 6.98. The van der Waals surface area contributed by atoms with Crippen molar-refractivity contribution in [1.82, 2.24) is 15.5 Å². The van der Waals surface area contributed by atoms with Crippen molar-refractivity contribution in [2.75, 3.05) is 38.6 Å². The number of benzene rings is 2. The molecule has 1 aliphatic rings. The van der Waals surface area contributed by atoms with Gasteiger partial charge in [0, 0.05) is 38.9 Å². The number of hydrogen-bond acceptors (Lipinski definition) is 3. The number of nitrogens with one attached hydrogen (secondary N) is 2. The van der Waals surface area contributed by atoms with E-state index < -0.39 is 5.82 Å². The van der Waals surface area contributed by atoms with Crippen LogP contribution in [-0.2, 0) is 4.79 Å². The maximum Gasteiger partial charge on any atom is 0.243 e. The molecule has 174 valence electrons. The van der Waals surface area contributed by atoms with Gasteiger partial charge in [0.25, 0.3) is 0 Å². The second-order valence-electron chi connectivity index (χ2n) is 7.90. The molecule has 1 fully saturated rings. The maximum atomic E-state index is 13.5. The Morgan fingerprint density at radius 2 is 2.00 bits per heavy atom. The first kappa shape index (κ1) is 26.2. The van der Waals surface area contributed by atoms with Crippen LogP contribution in [0.15, 0.2) is 53.5 Å². The number of likely N-dealkylation sites (N-methyl/N-ethyl adjacent to an activating group) is 1. The first-order valence-electron chi connectivity index (χ1n) is 10.4. The van der Waals surface area contributed by atoms with Crippen molar-refractivity contribution in [3.63, 3.8) is 0 Å². The summed E-state index contributed by atoms with van der Waals surface area (Å²) in [5.74, 6) is 0.108. The number of halogens is 3. The summed E-state index contributed by atoms with van der Waals surface area (Å²) in [4.78, 5) is 20.2. The molecule has 0 aliphatic carbocycles. The molecule has 2 unspecified atom stereocenters. The molecule has 3 rings (SSSR count).